The van der Waals surface area contributed by atoms with E-state index >= 15 is 0 Å². The molecule has 3 N–H and O–H groups in total. The van der Waals surface area contributed by atoms with Crippen LogP contribution in [-0.2, 0) is 0 Å². The van der Waals surface area contributed by atoms with Gasteiger partial charge < -0.3 is 20.5 Å². The zero-order valence-electron chi connectivity index (χ0n) is 15.2. The van der Waals surface area contributed by atoms with E-state index in [0.717, 1.165) is 47.3 Å². The summed E-state index contributed by atoms with van der Waals surface area (Å²) < 4.78 is 5.40. The minimum atomic E-state index is 0.235. The van der Waals surface area contributed by atoms with E-state index in [2.05, 4.69) is 22.5 Å². The summed E-state index contributed by atoms with van der Waals surface area (Å²) in [5.74, 6) is 1.05. The van der Waals surface area contributed by atoms with Gasteiger partial charge in [0.05, 0.1) is 18.3 Å². The maximum Gasteiger partial charge on any atom is 0.191 e. The highest BCUT2D eigenvalue weighted by atomic mass is 16.5. The lowest BCUT2D eigenvalue weighted by Crippen LogP contribution is -2.20. The van der Waals surface area contributed by atoms with Crippen molar-refractivity contribution in [1.82, 2.24) is 10.3 Å². The molecular weight excluding hydrogens is 326 g/mol. The van der Waals surface area contributed by atoms with Crippen molar-refractivity contribution in [1.29, 1.82) is 0 Å². The summed E-state index contributed by atoms with van der Waals surface area (Å²) in [6.07, 6.45) is 11.3. The van der Waals surface area contributed by atoms with Crippen molar-refractivity contribution in [3.63, 3.8) is 0 Å². The highest BCUT2D eigenvalue weighted by molar-refractivity contribution is 5.91. The summed E-state index contributed by atoms with van der Waals surface area (Å²) in [5.41, 5.74) is 2.75. The van der Waals surface area contributed by atoms with Crippen LogP contribution in [-0.4, -0.2) is 29.8 Å². The fourth-order valence-corrected chi connectivity index (χ4v) is 2.98. The van der Waals surface area contributed by atoms with Crippen LogP contribution in [0.25, 0.3) is 10.9 Å². The van der Waals surface area contributed by atoms with Crippen LogP contribution in [0.4, 0.5) is 5.69 Å². The Bertz CT molecular complexity index is 841. The third kappa shape index (κ3) is 4.36. The molecule has 1 atom stereocenters. The summed E-state index contributed by atoms with van der Waals surface area (Å²) in [5, 5.41) is 17.6. The van der Waals surface area contributed by atoms with Gasteiger partial charge in [-0.1, -0.05) is 18.2 Å². The third-order valence-corrected chi connectivity index (χ3v) is 4.36. The zero-order chi connectivity index (χ0) is 18.4. The number of hydrogen-bond donors (Lipinski definition) is 3. The highest BCUT2D eigenvalue weighted by Gasteiger charge is 2.09. The van der Waals surface area contributed by atoms with Gasteiger partial charge in [0, 0.05) is 35.8 Å². The molecule has 1 aliphatic carbocycles. The molecule has 0 saturated heterocycles. The topological polar surface area (TPSA) is 66.4 Å². The maximum atomic E-state index is 9.95. The van der Waals surface area contributed by atoms with Crippen molar-refractivity contribution in [3.05, 3.63) is 66.2 Å². The van der Waals surface area contributed by atoms with Crippen LogP contribution in [0, 0.1) is 0 Å². The van der Waals surface area contributed by atoms with Gasteiger partial charge in [0.1, 0.15) is 5.75 Å². The van der Waals surface area contributed by atoms with E-state index in [9.17, 15) is 5.11 Å². The Kier molecular flexibility index (Phi) is 5.79. The number of anilines is 1. The van der Waals surface area contributed by atoms with Crippen LogP contribution in [0.3, 0.4) is 0 Å². The maximum absolute atomic E-state index is 9.95. The molecule has 0 saturated carbocycles. The largest absolute Gasteiger partial charge is 0.497 e. The molecule has 3 rings (SSSR count). The highest BCUT2D eigenvalue weighted by Crippen LogP contribution is 2.28. The standard InChI is InChI=1S/C21H25N3O2/c1-15(7-5-12-23-21(25)16-8-3-4-9-16)24-19-14-18(26-2)13-17-10-6-11-22-20(17)19/h3-4,6,8-11,13-15,23-25H,5,7,12H2,1-2H3. The minimum absolute atomic E-state index is 0.235. The lowest BCUT2D eigenvalue weighted by molar-refractivity contribution is 0.358. The first-order chi connectivity index (χ1) is 12.7. The van der Waals surface area contributed by atoms with Crippen LogP contribution >= 0.6 is 0 Å². The van der Waals surface area contributed by atoms with Gasteiger partial charge in [-0.3, -0.25) is 4.98 Å². The summed E-state index contributed by atoms with van der Waals surface area (Å²) in [7, 11) is 1.67. The van der Waals surface area contributed by atoms with E-state index in [1.165, 1.54) is 0 Å². The summed E-state index contributed by atoms with van der Waals surface area (Å²) >= 11 is 0. The number of allylic oxidation sites excluding steroid dienone is 5. The van der Waals surface area contributed by atoms with Crippen molar-refractivity contribution >= 4 is 16.6 Å². The van der Waals surface area contributed by atoms with Crippen molar-refractivity contribution in [2.75, 3.05) is 19.0 Å². The first kappa shape index (κ1) is 17.9. The number of rotatable bonds is 8. The zero-order valence-corrected chi connectivity index (χ0v) is 15.2. The van der Waals surface area contributed by atoms with Crippen molar-refractivity contribution in [2.45, 2.75) is 25.8 Å². The van der Waals surface area contributed by atoms with Crippen molar-refractivity contribution in [2.24, 2.45) is 0 Å². The second kappa shape index (κ2) is 8.43. The average molecular weight is 351 g/mol. The van der Waals surface area contributed by atoms with Gasteiger partial charge in [0.15, 0.2) is 5.88 Å². The van der Waals surface area contributed by atoms with Gasteiger partial charge in [0.2, 0.25) is 0 Å². The molecule has 0 bridgehead atoms. The minimum Gasteiger partial charge on any atom is -0.497 e. The number of pyridine rings is 1. The van der Waals surface area contributed by atoms with Crippen LogP contribution in [0.2, 0.25) is 0 Å². The van der Waals surface area contributed by atoms with Gasteiger partial charge in [-0.25, -0.2) is 0 Å². The van der Waals surface area contributed by atoms with Gasteiger partial charge in [0.25, 0.3) is 0 Å². The van der Waals surface area contributed by atoms with Gasteiger partial charge in [-0.15, -0.1) is 0 Å². The number of hydrogen-bond acceptors (Lipinski definition) is 5. The van der Waals surface area contributed by atoms with E-state index in [4.69, 9.17) is 4.74 Å². The molecule has 0 aliphatic heterocycles. The Morgan fingerprint density at radius 2 is 2.08 bits per heavy atom. The van der Waals surface area contributed by atoms with Gasteiger partial charge in [-0.05, 0) is 44.1 Å². The SMILES string of the molecule is COc1cc(NC(C)CCCNC(O)=C2C=CC=C2)c2ncccc2c1. The monoisotopic (exact) mass is 351 g/mol. The first-order valence-electron chi connectivity index (χ1n) is 8.88. The Hall–Kier alpha value is -2.95. The third-order valence-electron chi connectivity index (χ3n) is 4.36. The molecule has 0 amide bonds. The van der Waals surface area contributed by atoms with Crippen molar-refractivity contribution in [3.8, 4) is 5.75 Å². The van der Waals surface area contributed by atoms with Crippen LogP contribution in [0.15, 0.2) is 66.2 Å². The lowest BCUT2D eigenvalue weighted by atomic mass is 10.1. The predicted octanol–water partition coefficient (Wildman–Crippen LogP) is 4.31. The Morgan fingerprint density at radius 1 is 1.27 bits per heavy atom. The second-order valence-electron chi connectivity index (χ2n) is 6.39. The number of fused-ring (bicyclic) bond motifs is 1. The van der Waals surface area contributed by atoms with E-state index < -0.39 is 0 Å². The molecule has 1 aliphatic rings. The number of aromatic nitrogens is 1. The van der Waals surface area contributed by atoms with Crippen LogP contribution < -0.4 is 15.4 Å². The Balaban J connectivity index is 1.56. The molecule has 1 aromatic carbocycles. The fraction of sp³-hybridized carbons (Fsp3) is 0.286. The van der Waals surface area contributed by atoms with E-state index in [0.29, 0.717) is 0 Å². The number of ether oxygens (including phenoxy) is 1. The molecule has 1 unspecified atom stereocenters. The van der Waals surface area contributed by atoms with Crippen molar-refractivity contribution < 1.29 is 9.84 Å². The smallest absolute Gasteiger partial charge is 0.191 e. The van der Waals surface area contributed by atoms with Crippen LogP contribution in [0.1, 0.15) is 19.8 Å². The molecule has 2 aromatic rings. The quantitative estimate of drug-likeness (QED) is 0.488. The second-order valence-corrected chi connectivity index (χ2v) is 6.39. The molecule has 0 fully saturated rings. The normalized spacial score (nSPS) is 13.8. The predicted molar refractivity (Wildman–Crippen MR) is 107 cm³/mol. The molecule has 5 heteroatoms. The molecule has 0 spiro atoms. The van der Waals surface area contributed by atoms with E-state index in [1.807, 2.05) is 48.6 Å². The Labute approximate surface area is 154 Å². The first-order valence-corrected chi connectivity index (χ1v) is 8.88. The molecule has 5 nitrogen and oxygen atoms in total. The van der Waals surface area contributed by atoms with E-state index in [-0.39, 0.29) is 11.9 Å². The number of benzene rings is 1. The Morgan fingerprint density at radius 3 is 2.85 bits per heavy atom. The average Bonchev–Trinajstić information content (AvgIpc) is 3.20. The molecule has 136 valence electrons. The van der Waals surface area contributed by atoms with Gasteiger partial charge >= 0.3 is 0 Å². The summed E-state index contributed by atoms with van der Waals surface area (Å²) in [6.45, 7) is 2.87. The van der Waals surface area contributed by atoms with E-state index in [1.54, 1.807) is 13.3 Å². The molecular formula is C21H25N3O2. The summed E-state index contributed by atoms with van der Waals surface area (Å²) in [4.78, 5) is 4.49. The van der Waals surface area contributed by atoms with Gasteiger partial charge in [-0.2, -0.15) is 0 Å². The number of nitrogens with zero attached hydrogens (tertiary/aromatic N) is 1. The molecule has 1 aromatic heterocycles. The molecule has 0 radical (unpaired) electrons. The molecule has 1 heterocycles. The number of methoxy groups -OCH3 is 1. The number of aliphatic hydroxyl groups excluding tert-OH is 1. The lowest BCUT2D eigenvalue weighted by Gasteiger charge is -2.17. The number of nitrogens with one attached hydrogen (secondary N) is 2. The molecule has 26 heavy (non-hydrogen) atoms. The van der Waals surface area contributed by atoms with Crippen LogP contribution in [0.5, 0.6) is 5.75 Å². The fourth-order valence-electron chi connectivity index (χ4n) is 2.98. The summed E-state index contributed by atoms with van der Waals surface area (Å²) in [6, 6.07) is 8.21. The number of aliphatic hydroxyl groups is 1.